The van der Waals surface area contributed by atoms with Gasteiger partial charge in [-0.25, -0.2) is 4.57 Å². The monoisotopic (exact) mass is 722 g/mol. The predicted octanol–water partition coefficient (Wildman–Crippen LogP) is 8.50. The van der Waals surface area contributed by atoms with Crippen LogP contribution < -0.4 is 15.3 Å². The number of para-hydroxylation sites is 1. The number of phosphoric ester groups is 1. The molecule has 52 heavy (non-hydrogen) atoms. The number of hydrogen-bond acceptors (Lipinski definition) is 9. The zero-order valence-electron chi connectivity index (χ0n) is 30.0. The Morgan fingerprint density at radius 2 is 1.37 bits per heavy atom. The van der Waals surface area contributed by atoms with Crippen LogP contribution in [0.3, 0.4) is 0 Å². The molecule has 1 amide bonds. The highest BCUT2D eigenvalue weighted by Crippen LogP contribution is 2.54. The number of phosphoric acid groups is 1. The van der Waals surface area contributed by atoms with Crippen LogP contribution in [0.4, 0.5) is 5.69 Å². The van der Waals surface area contributed by atoms with Gasteiger partial charge in [0.1, 0.15) is 11.3 Å². The van der Waals surface area contributed by atoms with Crippen LogP contribution in [0, 0.1) is 0 Å². The number of anilines is 1. The Labute approximate surface area is 302 Å². The minimum atomic E-state index is -4.24. The number of hydrogen-bond donors (Lipinski definition) is 3. The lowest BCUT2D eigenvalue weighted by molar-refractivity contribution is 0.102. The third kappa shape index (κ3) is 9.88. The molecule has 0 atom stereocenters. The maximum absolute atomic E-state index is 14.4. The number of benzene rings is 4. The van der Waals surface area contributed by atoms with Crippen LogP contribution in [0.5, 0.6) is 5.75 Å². The summed E-state index contributed by atoms with van der Waals surface area (Å²) in [6.07, 6.45) is 2.75. The molecule has 0 aliphatic heterocycles. The van der Waals surface area contributed by atoms with Gasteiger partial charge in [-0.2, -0.15) is 5.21 Å². The van der Waals surface area contributed by atoms with Crippen molar-refractivity contribution in [1.82, 2.24) is 25.6 Å². The highest BCUT2D eigenvalue weighted by molar-refractivity contribution is 7.48. The Hall–Kier alpha value is -5.42. The summed E-state index contributed by atoms with van der Waals surface area (Å²) in [5.41, 5.74) is 2.90. The number of amides is 1. The van der Waals surface area contributed by atoms with E-state index in [9.17, 15) is 14.2 Å². The van der Waals surface area contributed by atoms with E-state index in [0.717, 1.165) is 22.3 Å². The molecule has 0 fully saturated rings. The minimum absolute atomic E-state index is 0.00777. The average Bonchev–Trinajstić information content (AvgIpc) is 3.71. The van der Waals surface area contributed by atoms with E-state index < -0.39 is 24.6 Å². The molecule has 0 spiro atoms. The van der Waals surface area contributed by atoms with E-state index in [-0.39, 0.29) is 30.0 Å². The molecule has 0 unspecified atom stereocenters. The number of rotatable bonds is 10. The SMILES string of the molecule is CC(C)(C)c1cc(C(C)(C)C)c(OP(=O)(OCc2ccccc2)OCc2ccccc2)cc1NC(=O)c1c[nH]c2ccccc2c1=O.c1nn[nH]n1. The fourth-order valence-electron chi connectivity index (χ4n) is 5.29. The van der Waals surface area contributed by atoms with Crippen molar-refractivity contribution in [1.29, 1.82) is 0 Å². The van der Waals surface area contributed by atoms with Crippen LogP contribution in [0.25, 0.3) is 10.9 Å². The van der Waals surface area contributed by atoms with Crippen molar-refractivity contribution in [3.05, 3.63) is 148 Å². The Kier molecular flexibility index (Phi) is 11.8. The Morgan fingerprint density at radius 3 is 1.88 bits per heavy atom. The average molecular weight is 723 g/mol. The summed E-state index contributed by atoms with van der Waals surface area (Å²) in [7, 11) is -4.24. The van der Waals surface area contributed by atoms with Gasteiger partial charge < -0.3 is 14.8 Å². The number of tetrazole rings is 1. The molecule has 0 radical (unpaired) electrons. The van der Waals surface area contributed by atoms with E-state index in [1.807, 2.05) is 114 Å². The number of nitrogens with one attached hydrogen (secondary N) is 3. The van der Waals surface area contributed by atoms with Gasteiger partial charge in [-0.3, -0.25) is 18.6 Å². The van der Waals surface area contributed by atoms with E-state index >= 15 is 0 Å². The summed E-state index contributed by atoms with van der Waals surface area (Å²) in [4.78, 5) is 30.0. The number of fused-ring (bicyclic) bond motifs is 1. The van der Waals surface area contributed by atoms with Gasteiger partial charge in [-0.1, -0.05) is 120 Å². The summed E-state index contributed by atoms with van der Waals surface area (Å²) >= 11 is 0. The lowest BCUT2D eigenvalue weighted by Gasteiger charge is -2.30. The molecule has 13 heteroatoms. The van der Waals surface area contributed by atoms with Gasteiger partial charge in [-0.05, 0) is 45.7 Å². The Morgan fingerprint density at radius 1 is 0.788 bits per heavy atom. The maximum Gasteiger partial charge on any atom is 0.530 e. The number of H-pyrrole nitrogens is 2. The quantitative estimate of drug-likeness (QED) is 0.118. The summed E-state index contributed by atoms with van der Waals surface area (Å²) in [5.74, 6) is -0.349. The molecular formula is C39H43N6O6P. The molecule has 2 aromatic heterocycles. The van der Waals surface area contributed by atoms with E-state index in [0.29, 0.717) is 16.6 Å². The fourth-order valence-corrected chi connectivity index (χ4v) is 6.47. The van der Waals surface area contributed by atoms with E-state index in [2.05, 4.69) is 30.9 Å². The summed E-state index contributed by atoms with van der Waals surface area (Å²) in [5, 5.41) is 15.5. The van der Waals surface area contributed by atoms with Crippen LogP contribution >= 0.6 is 7.82 Å². The first-order valence-corrected chi connectivity index (χ1v) is 18.1. The molecule has 0 saturated heterocycles. The van der Waals surface area contributed by atoms with Gasteiger partial charge in [0, 0.05) is 34.4 Å². The standard InChI is InChI=1S/C38H41N2O6P.CH2N4/c1-37(2,3)30-21-31(38(4,5)6)34(22-33(30)40-36(42)29-23-39-32-20-14-13-19-28(32)35(29)41)46-47(43,44-24-26-15-9-7-10-16-26)45-25-27-17-11-8-12-18-27;1-2-4-5-3-1/h7-23H,24-25H2,1-6H3,(H,39,41)(H,40,42);1H,(H,2,3,4,5). The molecule has 3 N–H and O–H groups in total. The molecule has 270 valence electrons. The number of pyridine rings is 1. The molecular weight excluding hydrogens is 679 g/mol. The van der Waals surface area contributed by atoms with Crippen LogP contribution in [-0.2, 0) is 37.7 Å². The molecule has 6 aromatic rings. The molecule has 0 bridgehead atoms. The number of nitrogens with zero attached hydrogens (tertiary/aromatic N) is 3. The van der Waals surface area contributed by atoms with Gasteiger partial charge in [0.15, 0.2) is 6.33 Å². The van der Waals surface area contributed by atoms with E-state index in [4.69, 9.17) is 13.6 Å². The molecule has 12 nitrogen and oxygen atoms in total. The Balaban J connectivity index is 0.000000962. The van der Waals surface area contributed by atoms with Crippen molar-refractivity contribution < 1.29 is 22.9 Å². The lowest BCUT2D eigenvalue weighted by Crippen LogP contribution is -2.25. The smallest absolute Gasteiger partial charge is 0.404 e. The van der Waals surface area contributed by atoms with Crippen molar-refractivity contribution >= 4 is 30.3 Å². The van der Waals surface area contributed by atoms with Crippen molar-refractivity contribution in [2.24, 2.45) is 0 Å². The highest BCUT2D eigenvalue weighted by Gasteiger charge is 2.34. The zero-order valence-corrected chi connectivity index (χ0v) is 30.9. The highest BCUT2D eigenvalue weighted by atomic mass is 31.2. The van der Waals surface area contributed by atoms with Gasteiger partial charge >= 0.3 is 7.82 Å². The fraction of sp³-hybridized carbons (Fsp3) is 0.256. The van der Waals surface area contributed by atoms with Crippen molar-refractivity contribution in [3.63, 3.8) is 0 Å². The van der Waals surface area contributed by atoms with E-state index in [1.54, 1.807) is 24.3 Å². The van der Waals surface area contributed by atoms with Gasteiger partial charge in [0.2, 0.25) is 5.43 Å². The lowest BCUT2D eigenvalue weighted by atomic mass is 9.79. The predicted molar refractivity (Wildman–Crippen MR) is 201 cm³/mol. The Bertz CT molecular complexity index is 2130. The summed E-state index contributed by atoms with van der Waals surface area (Å²) in [6.45, 7) is 12.2. The normalized spacial score (nSPS) is 11.8. The van der Waals surface area contributed by atoms with Crippen LogP contribution in [-0.4, -0.2) is 31.5 Å². The first-order valence-electron chi connectivity index (χ1n) is 16.7. The van der Waals surface area contributed by atoms with E-state index in [1.165, 1.54) is 12.5 Å². The zero-order chi connectivity index (χ0) is 37.4. The molecule has 0 saturated carbocycles. The topological polar surface area (TPSA) is 161 Å². The van der Waals surface area contributed by atoms with Crippen molar-refractivity contribution in [2.75, 3.05) is 5.32 Å². The van der Waals surface area contributed by atoms with Gasteiger partial charge in [0.25, 0.3) is 5.91 Å². The second-order valence-corrected chi connectivity index (χ2v) is 15.6. The minimum Gasteiger partial charge on any atom is -0.404 e. The van der Waals surface area contributed by atoms with Gasteiger partial charge in [-0.15, -0.1) is 10.2 Å². The number of carbonyl (C=O) groups excluding carboxylic acids is 1. The second kappa shape index (κ2) is 16.3. The molecule has 2 heterocycles. The molecule has 4 aromatic carbocycles. The van der Waals surface area contributed by atoms with Gasteiger partial charge in [0.05, 0.1) is 13.2 Å². The van der Waals surface area contributed by atoms with Crippen LogP contribution in [0.1, 0.15) is 74.2 Å². The molecule has 6 rings (SSSR count). The van der Waals surface area contributed by atoms with Crippen LogP contribution in [0.2, 0.25) is 0 Å². The summed E-state index contributed by atoms with van der Waals surface area (Å²) < 4.78 is 32.6. The first-order chi connectivity index (χ1) is 24.7. The third-order valence-electron chi connectivity index (χ3n) is 7.96. The number of aromatic nitrogens is 5. The van der Waals surface area contributed by atoms with Crippen LogP contribution in [0.15, 0.2) is 114 Å². The third-order valence-corrected chi connectivity index (χ3v) is 9.27. The molecule has 0 aliphatic rings. The van der Waals surface area contributed by atoms with Crippen molar-refractivity contribution in [3.8, 4) is 5.75 Å². The number of carbonyl (C=O) groups is 1. The largest absolute Gasteiger partial charge is 0.530 e. The summed E-state index contributed by atoms with van der Waals surface area (Å²) in [6, 6.07) is 29.3. The second-order valence-electron chi connectivity index (χ2n) is 14.0. The van der Waals surface area contributed by atoms with Crippen molar-refractivity contribution in [2.45, 2.75) is 65.6 Å². The molecule has 0 aliphatic carbocycles. The number of aromatic amines is 2. The maximum atomic E-state index is 14.4. The first kappa shape index (κ1) is 37.8.